The van der Waals surface area contributed by atoms with Crippen LogP contribution in [0.15, 0.2) is 75.0 Å². The molecule has 5 aromatic rings. The summed E-state index contributed by atoms with van der Waals surface area (Å²) in [4.78, 5) is 19.3. The Labute approximate surface area is 223 Å². The van der Waals surface area contributed by atoms with Gasteiger partial charge in [-0.3, -0.25) is 4.79 Å². The van der Waals surface area contributed by atoms with Gasteiger partial charge in [-0.25, -0.2) is 4.98 Å². The molecule has 9 heteroatoms. The first kappa shape index (κ1) is 25.0. The summed E-state index contributed by atoms with van der Waals surface area (Å²) < 4.78 is 12.8. The van der Waals surface area contributed by atoms with E-state index in [-0.39, 0.29) is 5.43 Å². The van der Waals surface area contributed by atoms with E-state index in [1.807, 2.05) is 50.2 Å². The third-order valence-electron chi connectivity index (χ3n) is 5.98. The van der Waals surface area contributed by atoms with E-state index in [1.165, 1.54) is 10.4 Å². The summed E-state index contributed by atoms with van der Waals surface area (Å²) in [6.45, 7) is 5.62. The van der Waals surface area contributed by atoms with Gasteiger partial charge < -0.3 is 9.15 Å². The van der Waals surface area contributed by atoms with Crippen molar-refractivity contribution in [1.29, 1.82) is 0 Å². The number of pyridine rings is 1. The van der Waals surface area contributed by atoms with Crippen LogP contribution >= 0.6 is 23.4 Å². The molecule has 1 atom stereocenters. The molecule has 0 N–H and O–H groups in total. The average Bonchev–Trinajstić information content (AvgIpc) is 3.32. The van der Waals surface area contributed by atoms with Gasteiger partial charge in [0.2, 0.25) is 0 Å². The Kier molecular flexibility index (Phi) is 7.04. The summed E-state index contributed by atoms with van der Waals surface area (Å²) >= 11 is 7.77. The van der Waals surface area contributed by atoms with Gasteiger partial charge in [-0.1, -0.05) is 53.7 Å². The van der Waals surface area contributed by atoms with Crippen molar-refractivity contribution in [2.45, 2.75) is 37.7 Å². The van der Waals surface area contributed by atoms with Gasteiger partial charge in [0.25, 0.3) is 0 Å². The number of aromatic nitrogens is 4. The Balaban J connectivity index is 1.53. The number of hydrogen-bond donors (Lipinski definition) is 0. The van der Waals surface area contributed by atoms with Crippen molar-refractivity contribution in [3.8, 4) is 17.2 Å². The average molecular weight is 533 g/mol. The van der Waals surface area contributed by atoms with E-state index in [4.69, 9.17) is 20.8 Å². The van der Waals surface area contributed by atoms with Crippen LogP contribution in [-0.2, 0) is 12.8 Å². The summed E-state index contributed by atoms with van der Waals surface area (Å²) in [7, 11) is 1.72. The first-order valence-electron chi connectivity index (χ1n) is 11.7. The predicted molar refractivity (Wildman–Crippen MR) is 146 cm³/mol. The van der Waals surface area contributed by atoms with Gasteiger partial charge in [0, 0.05) is 23.9 Å². The third kappa shape index (κ3) is 5.26. The fourth-order valence-corrected chi connectivity index (χ4v) is 5.26. The second-order valence-electron chi connectivity index (χ2n) is 8.81. The lowest BCUT2D eigenvalue weighted by Crippen LogP contribution is -2.12. The Bertz CT molecular complexity index is 1650. The van der Waals surface area contributed by atoms with Crippen molar-refractivity contribution in [3.63, 3.8) is 0 Å². The van der Waals surface area contributed by atoms with E-state index in [0.717, 1.165) is 16.9 Å². The quantitative estimate of drug-likeness (QED) is 0.170. The molecular formula is C28H25ClN4O3S. The molecule has 0 aliphatic heterocycles. The summed E-state index contributed by atoms with van der Waals surface area (Å²) in [6.07, 6.45) is 1.14. The van der Waals surface area contributed by atoms with E-state index in [1.54, 1.807) is 38.0 Å². The molecule has 0 spiro atoms. The number of nitrogens with zero attached hydrogens (tertiary/aromatic N) is 4. The maximum absolute atomic E-state index is 13.3. The molecule has 7 nitrogen and oxygen atoms in total. The highest BCUT2D eigenvalue weighted by atomic mass is 35.5. The normalized spacial score (nSPS) is 12.1. The zero-order valence-corrected chi connectivity index (χ0v) is 22.4. The molecular weight excluding hydrogens is 508 g/mol. The first-order chi connectivity index (χ1) is 17.8. The number of benzene rings is 2. The smallest absolute Gasteiger partial charge is 0.196 e. The van der Waals surface area contributed by atoms with Crippen molar-refractivity contribution in [3.05, 3.63) is 98.4 Å². The minimum absolute atomic E-state index is 0.105. The maximum atomic E-state index is 13.3. The number of ether oxygens (including phenoxy) is 1. The number of hydrogen-bond acceptors (Lipinski definition) is 7. The summed E-state index contributed by atoms with van der Waals surface area (Å²) in [6, 6.07) is 17.5. The fraction of sp³-hybridized carbons (Fsp3) is 0.214. The van der Waals surface area contributed by atoms with Gasteiger partial charge in [-0.15, -0.1) is 0 Å². The zero-order valence-electron chi connectivity index (χ0n) is 20.9. The Hall–Kier alpha value is -3.62. The van der Waals surface area contributed by atoms with Crippen LogP contribution in [0.5, 0.6) is 5.75 Å². The van der Waals surface area contributed by atoms with Gasteiger partial charge >= 0.3 is 0 Å². The van der Waals surface area contributed by atoms with Crippen LogP contribution in [0.3, 0.4) is 0 Å². The van der Waals surface area contributed by atoms with Crippen molar-refractivity contribution in [2.24, 2.45) is 7.05 Å². The second kappa shape index (κ2) is 10.4. The molecule has 0 amide bonds. The Morgan fingerprint density at radius 3 is 2.65 bits per heavy atom. The third-order valence-corrected chi connectivity index (χ3v) is 7.23. The van der Waals surface area contributed by atoms with Gasteiger partial charge in [0.15, 0.2) is 16.9 Å². The summed E-state index contributed by atoms with van der Waals surface area (Å²) in [5.74, 6) is 1.73. The first-order valence-corrected chi connectivity index (χ1v) is 13.1. The van der Waals surface area contributed by atoms with Crippen molar-refractivity contribution in [1.82, 2.24) is 20.0 Å². The lowest BCUT2D eigenvalue weighted by molar-refractivity contribution is 0.219. The minimum Gasteiger partial charge on any atom is -0.483 e. The van der Waals surface area contributed by atoms with Crippen LogP contribution in [0, 0.1) is 13.8 Å². The van der Waals surface area contributed by atoms with Crippen molar-refractivity contribution >= 4 is 34.3 Å². The van der Waals surface area contributed by atoms with Gasteiger partial charge in [-0.05, 0) is 56.2 Å². The van der Waals surface area contributed by atoms with E-state index >= 15 is 0 Å². The van der Waals surface area contributed by atoms with Crippen molar-refractivity contribution < 1.29 is 9.15 Å². The summed E-state index contributed by atoms with van der Waals surface area (Å²) in [5, 5.41) is 10.0. The van der Waals surface area contributed by atoms with Crippen LogP contribution in [0.2, 0.25) is 5.15 Å². The molecule has 0 fully saturated rings. The van der Waals surface area contributed by atoms with Crippen LogP contribution in [-0.4, -0.2) is 20.0 Å². The number of rotatable bonds is 7. The molecule has 0 bridgehead atoms. The molecule has 188 valence electrons. The molecule has 2 aromatic carbocycles. The zero-order chi connectivity index (χ0) is 26.1. The summed E-state index contributed by atoms with van der Waals surface area (Å²) in [5.41, 5.74) is 4.21. The van der Waals surface area contributed by atoms with E-state index in [0.29, 0.717) is 43.9 Å². The lowest BCUT2D eigenvalue weighted by atomic mass is 10.0. The largest absolute Gasteiger partial charge is 0.483 e. The van der Waals surface area contributed by atoms with Crippen LogP contribution in [0.1, 0.15) is 35.3 Å². The van der Waals surface area contributed by atoms with Gasteiger partial charge in [-0.2, -0.15) is 15.0 Å². The lowest BCUT2D eigenvalue weighted by Gasteiger charge is -2.19. The molecule has 5 rings (SSSR count). The molecule has 0 unspecified atom stereocenters. The van der Waals surface area contributed by atoms with Crippen LogP contribution in [0.4, 0.5) is 0 Å². The number of thioether (sulfide) groups is 1. The van der Waals surface area contributed by atoms with Gasteiger partial charge in [0.1, 0.15) is 27.6 Å². The monoisotopic (exact) mass is 532 g/mol. The maximum Gasteiger partial charge on any atom is 0.196 e. The number of aryl methyl sites for hydroxylation is 2. The Morgan fingerprint density at radius 1 is 1.14 bits per heavy atom. The fourth-order valence-electron chi connectivity index (χ4n) is 4.14. The highest BCUT2D eigenvalue weighted by Gasteiger charge is 2.22. The van der Waals surface area contributed by atoms with E-state index < -0.39 is 6.10 Å². The molecule has 0 saturated heterocycles. The predicted octanol–water partition coefficient (Wildman–Crippen LogP) is 6.69. The van der Waals surface area contributed by atoms with E-state index in [9.17, 15) is 4.79 Å². The molecule has 0 aliphatic rings. The van der Waals surface area contributed by atoms with Crippen LogP contribution < -0.4 is 10.2 Å². The molecule has 3 aromatic heterocycles. The molecule has 37 heavy (non-hydrogen) atoms. The van der Waals surface area contributed by atoms with Crippen molar-refractivity contribution in [2.75, 3.05) is 0 Å². The molecule has 0 saturated carbocycles. The van der Waals surface area contributed by atoms with E-state index in [2.05, 4.69) is 27.3 Å². The highest BCUT2D eigenvalue weighted by Crippen LogP contribution is 2.36. The minimum atomic E-state index is -0.443. The SMILES string of the molecule is Cc1cc([C@@H](C)Oc2ccc(Cl)nc2SCc2ccccc2)c2oc(-c3cnn(C)n3)c(C)c(=O)c2c1. The molecule has 3 heterocycles. The Morgan fingerprint density at radius 2 is 1.92 bits per heavy atom. The second-order valence-corrected chi connectivity index (χ2v) is 10.2. The van der Waals surface area contributed by atoms with Gasteiger partial charge in [0.05, 0.1) is 11.6 Å². The standard InChI is InChI=1S/C28H25ClN4O3S/c1-16-12-20(27-21(13-16)25(34)17(2)26(36-27)22-14-30-33(4)32-22)18(3)35-23-10-11-24(29)31-28(23)37-15-19-8-6-5-7-9-19/h5-14,18H,15H2,1-4H3/t18-/m1/s1. The highest BCUT2D eigenvalue weighted by molar-refractivity contribution is 7.98. The molecule has 0 aliphatic carbocycles. The topological polar surface area (TPSA) is 83.0 Å². The number of halogens is 1. The molecule has 0 radical (unpaired) electrons. The number of fused-ring (bicyclic) bond motifs is 1. The van der Waals surface area contributed by atoms with Crippen LogP contribution in [0.25, 0.3) is 22.4 Å².